The lowest BCUT2D eigenvalue weighted by molar-refractivity contribution is -0.117. The highest BCUT2D eigenvalue weighted by Crippen LogP contribution is 2.36. The first kappa shape index (κ1) is 19.6. The van der Waals surface area contributed by atoms with Gasteiger partial charge in [-0.05, 0) is 37.8 Å². The molecule has 1 saturated heterocycles. The Balaban J connectivity index is 1.79. The van der Waals surface area contributed by atoms with Crippen LogP contribution in [0.5, 0.6) is 0 Å². The molecule has 5 nitrogen and oxygen atoms in total. The van der Waals surface area contributed by atoms with Gasteiger partial charge in [0.2, 0.25) is 5.91 Å². The molecule has 27 heavy (non-hydrogen) atoms. The third kappa shape index (κ3) is 4.96. The van der Waals surface area contributed by atoms with Crippen molar-refractivity contribution < 1.29 is 14.3 Å². The fraction of sp³-hybridized carbons (Fsp3) is 0.429. The molecule has 1 N–H and O–H groups in total. The van der Waals surface area contributed by atoms with Gasteiger partial charge in [0.25, 0.3) is 0 Å². The zero-order valence-corrected chi connectivity index (χ0v) is 16.7. The number of carbonyl (C=O) groups is 2. The monoisotopic (exact) mass is 386 g/mol. The van der Waals surface area contributed by atoms with E-state index in [1.807, 2.05) is 35.7 Å². The second-order valence-electron chi connectivity index (χ2n) is 6.97. The van der Waals surface area contributed by atoms with Gasteiger partial charge < -0.3 is 10.1 Å². The number of hydrogen-bond acceptors (Lipinski definition) is 5. The lowest BCUT2D eigenvalue weighted by Crippen LogP contribution is -2.39. The summed E-state index contributed by atoms with van der Waals surface area (Å²) in [6.07, 6.45) is 2.34. The number of nitrogens with zero attached hydrogens (tertiary/aromatic N) is 1. The SMILES string of the molecule is CCOC(=O)c1c(-c2ccccc2)csc1NC(=O)CN1CCC[C@H](C)C1. The maximum absolute atomic E-state index is 12.6. The summed E-state index contributed by atoms with van der Waals surface area (Å²) in [5.74, 6) is 0.128. The van der Waals surface area contributed by atoms with Gasteiger partial charge in [-0.3, -0.25) is 9.69 Å². The Morgan fingerprint density at radius 2 is 2.07 bits per heavy atom. The van der Waals surface area contributed by atoms with Crippen LogP contribution < -0.4 is 5.32 Å². The molecular formula is C21H26N2O3S. The van der Waals surface area contributed by atoms with Crippen LogP contribution in [0.4, 0.5) is 5.00 Å². The van der Waals surface area contributed by atoms with Gasteiger partial charge in [-0.15, -0.1) is 11.3 Å². The lowest BCUT2D eigenvalue weighted by Gasteiger charge is -2.30. The van der Waals surface area contributed by atoms with Gasteiger partial charge in [-0.1, -0.05) is 37.3 Å². The Hall–Kier alpha value is -2.18. The van der Waals surface area contributed by atoms with E-state index in [4.69, 9.17) is 4.74 Å². The standard InChI is InChI=1S/C21H26N2O3S/c1-3-26-21(25)19-17(16-9-5-4-6-10-16)14-27-20(19)22-18(24)13-23-11-7-8-15(2)12-23/h4-6,9-10,14-15H,3,7-8,11-13H2,1-2H3,(H,22,24)/t15-/m0/s1. The Bertz CT molecular complexity index is 788. The predicted octanol–water partition coefficient (Wildman–Crippen LogP) is 4.26. The minimum absolute atomic E-state index is 0.0869. The van der Waals surface area contributed by atoms with Crippen molar-refractivity contribution in [3.8, 4) is 11.1 Å². The van der Waals surface area contributed by atoms with E-state index < -0.39 is 5.97 Å². The molecule has 2 aromatic rings. The molecule has 6 heteroatoms. The summed E-state index contributed by atoms with van der Waals surface area (Å²) < 4.78 is 5.24. The van der Waals surface area contributed by atoms with E-state index >= 15 is 0 Å². The van der Waals surface area contributed by atoms with Gasteiger partial charge in [-0.2, -0.15) is 0 Å². The molecule has 1 amide bonds. The third-order valence-corrected chi connectivity index (χ3v) is 5.61. The van der Waals surface area contributed by atoms with Crippen LogP contribution in [0.15, 0.2) is 35.7 Å². The van der Waals surface area contributed by atoms with Gasteiger partial charge in [0.15, 0.2) is 0 Å². The largest absolute Gasteiger partial charge is 0.462 e. The summed E-state index contributed by atoms with van der Waals surface area (Å²) in [6.45, 7) is 6.53. The molecule has 0 unspecified atom stereocenters. The second kappa shape index (κ2) is 9.15. The first-order valence-electron chi connectivity index (χ1n) is 9.44. The minimum atomic E-state index is -0.403. The number of ether oxygens (including phenoxy) is 1. The number of esters is 1. The van der Waals surface area contributed by atoms with Gasteiger partial charge in [0.1, 0.15) is 10.6 Å². The van der Waals surface area contributed by atoms with Crippen LogP contribution in [0.1, 0.15) is 37.0 Å². The molecule has 0 bridgehead atoms. The van der Waals surface area contributed by atoms with Gasteiger partial charge in [-0.25, -0.2) is 4.79 Å². The summed E-state index contributed by atoms with van der Waals surface area (Å²) in [5, 5.41) is 5.40. The van der Waals surface area contributed by atoms with E-state index in [1.54, 1.807) is 6.92 Å². The van der Waals surface area contributed by atoms with Crippen LogP contribution in [0.2, 0.25) is 0 Å². The summed E-state index contributed by atoms with van der Waals surface area (Å²) in [6, 6.07) is 9.69. The van der Waals surface area contributed by atoms with Crippen molar-refractivity contribution in [1.29, 1.82) is 0 Å². The topological polar surface area (TPSA) is 58.6 Å². The zero-order chi connectivity index (χ0) is 19.2. The molecule has 0 radical (unpaired) electrons. The normalized spacial score (nSPS) is 17.5. The van der Waals surface area contributed by atoms with Crippen LogP contribution in [0.25, 0.3) is 11.1 Å². The van der Waals surface area contributed by atoms with Crippen LogP contribution in [-0.2, 0) is 9.53 Å². The summed E-state index contributed by atoms with van der Waals surface area (Å²) in [5.41, 5.74) is 2.16. The van der Waals surface area contributed by atoms with E-state index in [2.05, 4.69) is 17.1 Å². The maximum atomic E-state index is 12.6. The number of thiophene rings is 1. The molecule has 3 rings (SSSR count). The fourth-order valence-corrected chi connectivity index (χ4v) is 4.46. The van der Waals surface area contributed by atoms with Gasteiger partial charge in [0.05, 0.1) is 13.2 Å². The van der Waals surface area contributed by atoms with Crippen LogP contribution in [-0.4, -0.2) is 43.0 Å². The number of benzene rings is 1. The molecule has 0 saturated carbocycles. The molecule has 1 aliphatic heterocycles. The number of carbonyl (C=O) groups excluding carboxylic acids is 2. The fourth-order valence-electron chi connectivity index (χ4n) is 3.49. The molecule has 144 valence electrons. The minimum Gasteiger partial charge on any atom is -0.462 e. The van der Waals surface area contributed by atoms with E-state index in [9.17, 15) is 9.59 Å². The first-order valence-corrected chi connectivity index (χ1v) is 10.3. The average molecular weight is 387 g/mol. The summed E-state index contributed by atoms with van der Waals surface area (Å²) in [4.78, 5) is 27.3. The van der Waals surface area contributed by atoms with Crippen LogP contribution >= 0.6 is 11.3 Å². The average Bonchev–Trinajstić information content (AvgIpc) is 3.06. The molecule has 1 atom stereocenters. The number of nitrogens with one attached hydrogen (secondary N) is 1. The molecule has 0 aliphatic carbocycles. The molecule has 1 aromatic heterocycles. The first-order chi connectivity index (χ1) is 13.1. The molecular weight excluding hydrogens is 360 g/mol. The van der Waals surface area contributed by atoms with Crippen molar-refractivity contribution in [2.75, 3.05) is 31.6 Å². The van der Waals surface area contributed by atoms with Crippen molar-refractivity contribution in [2.24, 2.45) is 5.92 Å². The number of rotatable bonds is 6. The second-order valence-corrected chi connectivity index (χ2v) is 7.85. The molecule has 1 fully saturated rings. The van der Waals surface area contributed by atoms with Crippen molar-refractivity contribution in [3.05, 3.63) is 41.3 Å². The van der Waals surface area contributed by atoms with E-state index in [1.165, 1.54) is 17.8 Å². The quantitative estimate of drug-likeness (QED) is 0.754. The van der Waals surface area contributed by atoms with E-state index in [-0.39, 0.29) is 5.91 Å². The number of amides is 1. The van der Waals surface area contributed by atoms with Crippen molar-refractivity contribution >= 4 is 28.2 Å². The van der Waals surface area contributed by atoms with Crippen molar-refractivity contribution in [2.45, 2.75) is 26.7 Å². The van der Waals surface area contributed by atoms with Crippen molar-refractivity contribution in [3.63, 3.8) is 0 Å². The number of piperidine rings is 1. The smallest absolute Gasteiger partial charge is 0.341 e. The Morgan fingerprint density at radius 3 is 2.78 bits per heavy atom. The highest BCUT2D eigenvalue weighted by atomic mass is 32.1. The Morgan fingerprint density at radius 1 is 1.30 bits per heavy atom. The lowest BCUT2D eigenvalue weighted by atomic mass is 10.0. The number of likely N-dealkylation sites (tertiary alicyclic amines) is 1. The van der Waals surface area contributed by atoms with Crippen LogP contribution in [0.3, 0.4) is 0 Å². The van der Waals surface area contributed by atoms with E-state index in [0.29, 0.717) is 29.6 Å². The van der Waals surface area contributed by atoms with Crippen LogP contribution in [0, 0.1) is 5.92 Å². The summed E-state index contributed by atoms with van der Waals surface area (Å²) in [7, 11) is 0. The number of anilines is 1. The molecule has 1 aliphatic rings. The Kier molecular flexibility index (Phi) is 6.63. The molecule has 2 heterocycles. The van der Waals surface area contributed by atoms with Crippen molar-refractivity contribution in [1.82, 2.24) is 4.90 Å². The predicted molar refractivity (Wildman–Crippen MR) is 109 cm³/mol. The zero-order valence-electron chi connectivity index (χ0n) is 15.9. The van der Waals surface area contributed by atoms with E-state index in [0.717, 1.165) is 30.6 Å². The summed E-state index contributed by atoms with van der Waals surface area (Å²) >= 11 is 1.36. The Labute approximate surface area is 164 Å². The highest BCUT2D eigenvalue weighted by molar-refractivity contribution is 7.15. The highest BCUT2D eigenvalue weighted by Gasteiger charge is 2.24. The third-order valence-electron chi connectivity index (χ3n) is 4.72. The molecule has 1 aromatic carbocycles. The van der Waals surface area contributed by atoms with Gasteiger partial charge in [0, 0.05) is 17.5 Å². The number of hydrogen-bond donors (Lipinski definition) is 1. The van der Waals surface area contributed by atoms with Gasteiger partial charge >= 0.3 is 5.97 Å². The molecule has 0 spiro atoms. The maximum Gasteiger partial charge on any atom is 0.341 e.